The highest BCUT2D eigenvalue weighted by atomic mass is 79.9. The van der Waals surface area contributed by atoms with Crippen molar-refractivity contribution in [3.05, 3.63) is 70.2 Å². The number of amides is 1. The highest BCUT2D eigenvalue weighted by Crippen LogP contribution is 2.25. The lowest BCUT2D eigenvalue weighted by molar-refractivity contribution is -0.113. The summed E-state index contributed by atoms with van der Waals surface area (Å²) < 4.78 is 2.77. The Bertz CT molecular complexity index is 1000. The summed E-state index contributed by atoms with van der Waals surface area (Å²) in [5.74, 6) is 0.797. The van der Waals surface area contributed by atoms with Crippen molar-refractivity contribution in [1.29, 1.82) is 0 Å². The number of thioether (sulfide) groups is 1. The van der Waals surface area contributed by atoms with Gasteiger partial charge in [0.1, 0.15) is 0 Å². The molecule has 0 aliphatic carbocycles. The number of nitrogens with one attached hydrogen (secondary N) is 1. The molecule has 0 spiro atoms. The number of hydrogen-bond donors (Lipinski definition) is 1. The molecule has 1 N–H and O–H groups in total. The van der Waals surface area contributed by atoms with Crippen molar-refractivity contribution in [3.63, 3.8) is 0 Å². The number of halogens is 2. The number of nitrogens with zero attached hydrogens (tertiary/aromatic N) is 3. The first-order chi connectivity index (χ1) is 13.5. The lowest BCUT2D eigenvalue weighted by Gasteiger charge is -2.08. The van der Waals surface area contributed by atoms with Gasteiger partial charge in [0, 0.05) is 20.7 Å². The third-order valence-corrected chi connectivity index (χ3v) is 5.71. The fourth-order valence-electron chi connectivity index (χ4n) is 2.50. The number of benzene rings is 2. The fourth-order valence-corrected chi connectivity index (χ4v) is 3.58. The van der Waals surface area contributed by atoms with Crippen LogP contribution in [0.2, 0.25) is 5.02 Å². The van der Waals surface area contributed by atoms with E-state index in [0.29, 0.717) is 22.4 Å². The summed E-state index contributed by atoms with van der Waals surface area (Å²) in [6.45, 7) is 6.18. The van der Waals surface area contributed by atoms with Gasteiger partial charge < -0.3 is 5.32 Å². The molecule has 28 heavy (non-hydrogen) atoms. The molecule has 0 radical (unpaired) electrons. The molecule has 0 atom stereocenters. The Hall–Kier alpha value is -2.09. The molecule has 0 aliphatic rings. The molecule has 0 saturated heterocycles. The Morgan fingerprint density at radius 1 is 1.32 bits per heavy atom. The second kappa shape index (κ2) is 9.41. The van der Waals surface area contributed by atoms with E-state index in [-0.39, 0.29) is 11.7 Å². The van der Waals surface area contributed by atoms with E-state index in [1.54, 1.807) is 22.9 Å². The highest BCUT2D eigenvalue weighted by molar-refractivity contribution is 9.10. The van der Waals surface area contributed by atoms with Gasteiger partial charge in [-0.1, -0.05) is 63.6 Å². The lowest BCUT2D eigenvalue weighted by atomic mass is 10.2. The van der Waals surface area contributed by atoms with Crippen LogP contribution in [-0.2, 0) is 11.3 Å². The second-order valence-corrected chi connectivity index (χ2v) is 8.21. The first kappa shape index (κ1) is 20.6. The maximum Gasteiger partial charge on any atom is 0.234 e. The number of hydrogen-bond acceptors (Lipinski definition) is 4. The SMILES string of the molecule is C=CCn1nc(SCC(=O)Nc2cccc(Cl)c2C)nc1-c1ccc(Br)cc1. The van der Waals surface area contributed by atoms with Gasteiger partial charge in [-0.15, -0.1) is 11.7 Å². The van der Waals surface area contributed by atoms with Crippen LogP contribution < -0.4 is 5.32 Å². The Morgan fingerprint density at radius 2 is 2.07 bits per heavy atom. The molecule has 0 fully saturated rings. The van der Waals surface area contributed by atoms with E-state index in [2.05, 4.69) is 37.9 Å². The van der Waals surface area contributed by atoms with Gasteiger partial charge in [0.25, 0.3) is 0 Å². The van der Waals surface area contributed by atoms with Crippen LogP contribution in [0.4, 0.5) is 5.69 Å². The standard InChI is InChI=1S/C20H18BrClN4OS/c1-3-11-26-19(14-7-9-15(21)10-8-14)24-20(25-26)28-12-18(27)23-17-6-4-5-16(22)13(17)2/h3-10H,1,11-12H2,2H3,(H,23,27). The van der Waals surface area contributed by atoms with Crippen LogP contribution in [-0.4, -0.2) is 26.4 Å². The first-order valence-electron chi connectivity index (χ1n) is 8.47. The largest absolute Gasteiger partial charge is 0.325 e. The maximum absolute atomic E-state index is 12.3. The van der Waals surface area contributed by atoms with Crippen LogP contribution in [0.3, 0.4) is 0 Å². The van der Waals surface area contributed by atoms with Crippen molar-refractivity contribution in [1.82, 2.24) is 14.8 Å². The molecule has 0 aliphatic heterocycles. The third-order valence-electron chi connectivity index (χ3n) is 3.93. The summed E-state index contributed by atoms with van der Waals surface area (Å²) in [5.41, 5.74) is 2.50. The van der Waals surface area contributed by atoms with Crippen molar-refractivity contribution >= 4 is 50.9 Å². The van der Waals surface area contributed by atoms with E-state index in [4.69, 9.17) is 11.6 Å². The average molecular weight is 478 g/mol. The molecule has 8 heteroatoms. The Kier molecular flexibility index (Phi) is 6.93. The van der Waals surface area contributed by atoms with Gasteiger partial charge >= 0.3 is 0 Å². The molecule has 1 aromatic heterocycles. The summed E-state index contributed by atoms with van der Waals surface area (Å²) >= 11 is 10.8. The number of carbonyl (C=O) groups excluding carboxylic acids is 1. The normalized spacial score (nSPS) is 10.7. The average Bonchev–Trinajstić information content (AvgIpc) is 3.08. The molecule has 3 rings (SSSR count). The molecule has 0 unspecified atom stereocenters. The van der Waals surface area contributed by atoms with E-state index in [0.717, 1.165) is 21.4 Å². The molecular weight excluding hydrogens is 460 g/mol. The fraction of sp³-hybridized carbons (Fsp3) is 0.150. The monoisotopic (exact) mass is 476 g/mol. The van der Waals surface area contributed by atoms with Crippen LogP contribution in [0.25, 0.3) is 11.4 Å². The molecule has 144 valence electrons. The zero-order chi connectivity index (χ0) is 20.1. The minimum atomic E-state index is -0.138. The zero-order valence-corrected chi connectivity index (χ0v) is 18.3. The van der Waals surface area contributed by atoms with Gasteiger partial charge in [-0.2, -0.15) is 0 Å². The number of anilines is 1. The minimum Gasteiger partial charge on any atom is -0.325 e. The van der Waals surface area contributed by atoms with E-state index < -0.39 is 0 Å². The number of aromatic nitrogens is 3. The molecule has 1 amide bonds. The molecule has 5 nitrogen and oxygen atoms in total. The quantitative estimate of drug-likeness (QED) is 0.356. The van der Waals surface area contributed by atoms with Crippen molar-refractivity contribution < 1.29 is 4.79 Å². The van der Waals surface area contributed by atoms with Crippen molar-refractivity contribution in [3.8, 4) is 11.4 Å². The number of rotatable bonds is 7. The predicted octanol–water partition coefficient (Wildman–Crippen LogP) is 5.59. The minimum absolute atomic E-state index is 0.138. The second-order valence-electron chi connectivity index (χ2n) is 5.94. The van der Waals surface area contributed by atoms with Gasteiger partial charge in [0.05, 0.1) is 12.3 Å². The van der Waals surface area contributed by atoms with Crippen LogP contribution in [0.1, 0.15) is 5.56 Å². The lowest BCUT2D eigenvalue weighted by Crippen LogP contribution is -2.15. The molecule has 0 bridgehead atoms. The predicted molar refractivity (Wildman–Crippen MR) is 119 cm³/mol. The zero-order valence-electron chi connectivity index (χ0n) is 15.2. The van der Waals surface area contributed by atoms with E-state index >= 15 is 0 Å². The van der Waals surface area contributed by atoms with Crippen molar-refractivity contribution in [2.45, 2.75) is 18.6 Å². The Balaban J connectivity index is 1.71. The number of carbonyl (C=O) groups is 1. The summed E-state index contributed by atoms with van der Waals surface area (Å²) in [5, 5.41) is 8.53. The molecule has 2 aromatic carbocycles. The molecular formula is C20H18BrClN4OS. The van der Waals surface area contributed by atoms with Crippen molar-refractivity contribution in [2.75, 3.05) is 11.1 Å². The van der Waals surface area contributed by atoms with Crippen LogP contribution >= 0.6 is 39.3 Å². The van der Waals surface area contributed by atoms with Gasteiger partial charge in [0.2, 0.25) is 11.1 Å². The Labute approximate surface area is 181 Å². The van der Waals surface area contributed by atoms with Gasteiger partial charge in [0.15, 0.2) is 5.82 Å². The van der Waals surface area contributed by atoms with Gasteiger partial charge in [-0.05, 0) is 36.8 Å². The topological polar surface area (TPSA) is 59.8 Å². The summed E-state index contributed by atoms with van der Waals surface area (Å²) in [4.78, 5) is 16.9. The maximum atomic E-state index is 12.3. The highest BCUT2D eigenvalue weighted by Gasteiger charge is 2.14. The van der Waals surface area contributed by atoms with Crippen LogP contribution in [0.15, 0.2) is 64.7 Å². The summed E-state index contributed by atoms with van der Waals surface area (Å²) in [7, 11) is 0. The smallest absolute Gasteiger partial charge is 0.234 e. The van der Waals surface area contributed by atoms with Gasteiger partial charge in [-0.3, -0.25) is 4.79 Å². The van der Waals surface area contributed by atoms with E-state index in [9.17, 15) is 4.79 Å². The van der Waals surface area contributed by atoms with Crippen molar-refractivity contribution in [2.24, 2.45) is 0 Å². The van der Waals surface area contributed by atoms with Crippen LogP contribution in [0.5, 0.6) is 0 Å². The summed E-state index contributed by atoms with van der Waals surface area (Å²) in [6.07, 6.45) is 1.76. The van der Waals surface area contributed by atoms with Crippen LogP contribution in [0, 0.1) is 6.92 Å². The Morgan fingerprint density at radius 3 is 2.79 bits per heavy atom. The van der Waals surface area contributed by atoms with E-state index in [1.807, 2.05) is 37.3 Å². The number of allylic oxidation sites excluding steroid dienone is 1. The van der Waals surface area contributed by atoms with Gasteiger partial charge in [-0.25, -0.2) is 9.67 Å². The summed E-state index contributed by atoms with van der Waals surface area (Å²) in [6, 6.07) is 13.3. The molecule has 0 saturated carbocycles. The van der Waals surface area contributed by atoms with E-state index in [1.165, 1.54) is 11.8 Å². The molecule has 1 heterocycles. The molecule has 3 aromatic rings. The first-order valence-corrected chi connectivity index (χ1v) is 10.6. The third kappa shape index (κ3) is 5.04.